The van der Waals surface area contributed by atoms with Crippen LogP contribution in [0.15, 0.2) is 41.0 Å². The van der Waals surface area contributed by atoms with E-state index in [1.54, 1.807) is 25.1 Å². The summed E-state index contributed by atoms with van der Waals surface area (Å²) in [5.74, 6) is -0.0462. The molecule has 0 aliphatic carbocycles. The predicted octanol–water partition coefficient (Wildman–Crippen LogP) is 3.15. The summed E-state index contributed by atoms with van der Waals surface area (Å²) in [5, 5.41) is 0. The van der Waals surface area contributed by atoms with E-state index in [-0.39, 0.29) is 18.0 Å². The molecule has 0 amide bonds. The van der Waals surface area contributed by atoms with Crippen molar-refractivity contribution in [3.8, 4) is 0 Å². The molecular formula is C13H11FO2. The number of ketones is 1. The normalized spacial score (nSPS) is 10.4. The SMILES string of the molecule is Cc1cc(F)ccc1CC(=O)c1ccco1. The number of hydrogen-bond donors (Lipinski definition) is 0. The summed E-state index contributed by atoms with van der Waals surface area (Å²) in [5.41, 5.74) is 1.60. The van der Waals surface area contributed by atoms with Crippen molar-refractivity contribution in [1.82, 2.24) is 0 Å². The van der Waals surface area contributed by atoms with E-state index in [4.69, 9.17) is 4.42 Å². The maximum absolute atomic E-state index is 12.9. The van der Waals surface area contributed by atoms with Gasteiger partial charge in [0, 0.05) is 6.42 Å². The van der Waals surface area contributed by atoms with Crippen molar-refractivity contribution in [3.05, 3.63) is 59.3 Å². The van der Waals surface area contributed by atoms with Crippen LogP contribution in [0, 0.1) is 12.7 Å². The molecule has 1 aromatic heterocycles. The first-order chi connectivity index (χ1) is 7.66. The third-order valence-electron chi connectivity index (χ3n) is 2.45. The topological polar surface area (TPSA) is 30.2 Å². The van der Waals surface area contributed by atoms with Gasteiger partial charge in [-0.05, 0) is 42.3 Å². The van der Waals surface area contributed by atoms with Gasteiger partial charge in [-0.3, -0.25) is 4.79 Å². The van der Waals surface area contributed by atoms with Crippen LogP contribution in [0.4, 0.5) is 4.39 Å². The van der Waals surface area contributed by atoms with E-state index in [2.05, 4.69) is 0 Å². The first kappa shape index (κ1) is 10.6. The maximum Gasteiger partial charge on any atom is 0.202 e. The van der Waals surface area contributed by atoms with Gasteiger partial charge >= 0.3 is 0 Å². The number of benzene rings is 1. The largest absolute Gasteiger partial charge is 0.461 e. The van der Waals surface area contributed by atoms with Crippen LogP contribution in [-0.4, -0.2) is 5.78 Å². The van der Waals surface area contributed by atoms with Crippen molar-refractivity contribution >= 4 is 5.78 Å². The quantitative estimate of drug-likeness (QED) is 0.741. The second-order valence-electron chi connectivity index (χ2n) is 3.65. The Labute approximate surface area is 92.7 Å². The first-order valence-electron chi connectivity index (χ1n) is 4.98. The van der Waals surface area contributed by atoms with Gasteiger partial charge in [-0.1, -0.05) is 6.07 Å². The van der Waals surface area contributed by atoms with Crippen molar-refractivity contribution in [2.24, 2.45) is 0 Å². The second-order valence-corrected chi connectivity index (χ2v) is 3.65. The fraction of sp³-hybridized carbons (Fsp3) is 0.154. The summed E-state index contributed by atoms with van der Waals surface area (Å²) in [6.45, 7) is 1.79. The van der Waals surface area contributed by atoms with E-state index in [1.807, 2.05) is 0 Å². The van der Waals surface area contributed by atoms with Crippen LogP contribution in [-0.2, 0) is 6.42 Å². The van der Waals surface area contributed by atoms with E-state index in [1.165, 1.54) is 18.4 Å². The van der Waals surface area contributed by atoms with E-state index < -0.39 is 0 Å². The Morgan fingerprint density at radius 1 is 1.38 bits per heavy atom. The summed E-state index contributed by atoms with van der Waals surface area (Å²) in [6, 6.07) is 7.71. The Balaban J connectivity index is 2.18. The highest BCUT2D eigenvalue weighted by Crippen LogP contribution is 2.13. The van der Waals surface area contributed by atoms with E-state index in [9.17, 15) is 9.18 Å². The number of rotatable bonds is 3. The van der Waals surface area contributed by atoms with Crippen LogP contribution in [0.2, 0.25) is 0 Å². The fourth-order valence-electron chi connectivity index (χ4n) is 1.55. The number of hydrogen-bond acceptors (Lipinski definition) is 2. The molecule has 1 heterocycles. The number of Topliss-reactive ketones (excluding diaryl/α,β-unsaturated/α-hetero) is 1. The van der Waals surface area contributed by atoms with Crippen LogP contribution in [0.25, 0.3) is 0 Å². The highest BCUT2D eigenvalue weighted by molar-refractivity contribution is 5.95. The van der Waals surface area contributed by atoms with Crippen molar-refractivity contribution in [3.63, 3.8) is 0 Å². The third kappa shape index (κ3) is 2.19. The molecule has 0 aliphatic rings. The Morgan fingerprint density at radius 3 is 2.81 bits per heavy atom. The van der Waals surface area contributed by atoms with Gasteiger partial charge in [-0.2, -0.15) is 0 Å². The zero-order valence-electron chi connectivity index (χ0n) is 8.87. The number of carbonyl (C=O) groups is 1. The van der Waals surface area contributed by atoms with Gasteiger partial charge in [0.1, 0.15) is 5.82 Å². The van der Waals surface area contributed by atoms with Gasteiger partial charge in [-0.25, -0.2) is 4.39 Å². The Hall–Kier alpha value is -1.90. The fourth-order valence-corrected chi connectivity index (χ4v) is 1.55. The molecule has 0 saturated heterocycles. The zero-order valence-corrected chi connectivity index (χ0v) is 8.87. The third-order valence-corrected chi connectivity index (χ3v) is 2.45. The summed E-state index contributed by atoms with van der Waals surface area (Å²) >= 11 is 0. The molecule has 0 N–H and O–H groups in total. The lowest BCUT2D eigenvalue weighted by Gasteiger charge is -2.03. The van der Waals surface area contributed by atoms with E-state index in [0.717, 1.165) is 11.1 Å². The number of halogens is 1. The molecule has 0 bridgehead atoms. The molecule has 0 unspecified atom stereocenters. The van der Waals surface area contributed by atoms with Gasteiger partial charge in [-0.15, -0.1) is 0 Å². The molecule has 0 aliphatic heterocycles. The highest BCUT2D eigenvalue weighted by atomic mass is 19.1. The molecule has 0 saturated carbocycles. The molecule has 82 valence electrons. The van der Waals surface area contributed by atoms with Gasteiger partial charge < -0.3 is 4.42 Å². The van der Waals surface area contributed by atoms with Gasteiger partial charge in [0.15, 0.2) is 5.76 Å². The predicted molar refractivity (Wildman–Crippen MR) is 57.9 cm³/mol. The van der Waals surface area contributed by atoms with Gasteiger partial charge in [0.2, 0.25) is 5.78 Å². The van der Waals surface area contributed by atoms with Gasteiger partial charge in [0.25, 0.3) is 0 Å². The summed E-state index contributed by atoms with van der Waals surface area (Å²) in [4.78, 5) is 11.7. The second kappa shape index (κ2) is 4.31. The highest BCUT2D eigenvalue weighted by Gasteiger charge is 2.11. The Morgan fingerprint density at radius 2 is 2.19 bits per heavy atom. The number of aryl methyl sites for hydroxylation is 1. The molecule has 2 rings (SSSR count). The average Bonchev–Trinajstić information content (AvgIpc) is 2.75. The Kier molecular flexibility index (Phi) is 2.86. The minimum atomic E-state index is -0.285. The van der Waals surface area contributed by atoms with Crippen LogP contribution in [0.3, 0.4) is 0 Å². The molecule has 2 nitrogen and oxygen atoms in total. The molecule has 0 radical (unpaired) electrons. The van der Waals surface area contributed by atoms with Crippen LogP contribution in [0.5, 0.6) is 0 Å². The van der Waals surface area contributed by atoms with Crippen molar-refractivity contribution in [1.29, 1.82) is 0 Å². The van der Waals surface area contributed by atoms with Crippen molar-refractivity contribution in [2.45, 2.75) is 13.3 Å². The lowest BCUT2D eigenvalue weighted by Crippen LogP contribution is -2.03. The smallest absolute Gasteiger partial charge is 0.202 e. The van der Waals surface area contributed by atoms with Crippen LogP contribution in [0.1, 0.15) is 21.7 Å². The van der Waals surface area contributed by atoms with E-state index >= 15 is 0 Å². The van der Waals surface area contributed by atoms with Crippen molar-refractivity contribution < 1.29 is 13.6 Å². The molecule has 0 atom stereocenters. The van der Waals surface area contributed by atoms with E-state index in [0.29, 0.717) is 5.76 Å². The molecule has 3 heteroatoms. The molecule has 2 aromatic rings. The van der Waals surface area contributed by atoms with Crippen LogP contribution < -0.4 is 0 Å². The molecular weight excluding hydrogens is 207 g/mol. The molecule has 0 spiro atoms. The number of carbonyl (C=O) groups excluding carboxylic acids is 1. The summed E-state index contributed by atoms with van der Waals surface area (Å²) in [7, 11) is 0. The lowest BCUT2D eigenvalue weighted by molar-refractivity contribution is 0.0966. The van der Waals surface area contributed by atoms with Crippen LogP contribution >= 0.6 is 0 Å². The molecule has 0 fully saturated rings. The molecule has 1 aromatic carbocycles. The summed E-state index contributed by atoms with van der Waals surface area (Å²) in [6.07, 6.45) is 1.70. The Bertz CT molecular complexity index is 501. The van der Waals surface area contributed by atoms with Crippen molar-refractivity contribution in [2.75, 3.05) is 0 Å². The summed E-state index contributed by atoms with van der Waals surface area (Å²) < 4.78 is 17.9. The number of furan rings is 1. The minimum Gasteiger partial charge on any atom is -0.461 e. The average molecular weight is 218 g/mol. The van der Waals surface area contributed by atoms with Gasteiger partial charge in [0.05, 0.1) is 6.26 Å². The standard InChI is InChI=1S/C13H11FO2/c1-9-7-11(14)5-4-10(9)8-12(15)13-3-2-6-16-13/h2-7H,8H2,1H3. The maximum atomic E-state index is 12.9. The monoisotopic (exact) mass is 218 g/mol. The molecule has 16 heavy (non-hydrogen) atoms. The zero-order chi connectivity index (χ0) is 11.5. The minimum absolute atomic E-state index is 0.0975. The lowest BCUT2D eigenvalue weighted by atomic mass is 10.0. The first-order valence-corrected chi connectivity index (χ1v) is 4.98.